The molecule has 2 heterocycles. The van der Waals surface area contributed by atoms with Crippen molar-refractivity contribution < 1.29 is 8.42 Å². The van der Waals surface area contributed by atoms with Crippen molar-refractivity contribution in [3.05, 3.63) is 71.3 Å². The summed E-state index contributed by atoms with van der Waals surface area (Å²) < 4.78 is 28.9. The summed E-state index contributed by atoms with van der Waals surface area (Å²) >= 11 is 0. The van der Waals surface area contributed by atoms with Crippen LogP contribution in [-0.4, -0.2) is 24.9 Å². The van der Waals surface area contributed by atoms with Gasteiger partial charge < -0.3 is 5.32 Å². The van der Waals surface area contributed by atoms with E-state index in [4.69, 9.17) is 0 Å². The number of para-hydroxylation sites is 1. The molecule has 2 atom stereocenters. The largest absolute Gasteiger partial charge is 0.362 e. The zero-order valence-corrected chi connectivity index (χ0v) is 15.8. The molecule has 1 saturated heterocycles. The summed E-state index contributed by atoms with van der Waals surface area (Å²) in [6.45, 7) is 4.56. The van der Waals surface area contributed by atoms with Crippen molar-refractivity contribution in [1.82, 2.24) is 4.31 Å². The van der Waals surface area contributed by atoms with Gasteiger partial charge in [0.15, 0.2) is 0 Å². The van der Waals surface area contributed by atoms with Gasteiger partial charge in [0.25, 0.3) is 0 Å². The summed E-state index contributed by atoms with van der Waals surface area (Å²) in [6.07, 6.45) is 3.92. The topological polar surface area (TPSA) is 49.4 Å². The van der Waals surface area contributed by atoms with Gasteiger partial charge in [-0.25, -0.2) is 8.42 Å². The Bertz CT molecular complexity index is 1040. The monoisotopic (exact) mass is 366 g/mol. The normalized spacial score (nSPS) is 29.7. The summed E-state index contributed by atoms with van der Waals surface area (Å²) in [5.41, 5.74) is 3.58. The van der Waals surface area contributed by atoms with E-state index in [1.54, 1.807) is 16.4 Å². The maximum atomic E-state index is 13.6. The first-order valence-corrected chi connectivity index (χ1v) is 10.5. The first kappa shape index (κ1) is 16.1. The van der Waals surface area contributed by atoms with E-state index >= 15 is 0 Å². The second kappa shape index (κ2) is 4.99. The third-order valence-electron chi connectivity index (χ3n) is 6.50. The Labute approximate surface area is 154 Å². The lowest BCUT2D eigenvalue weighted by Crippen LogP contribution is -2.58. The number of rotatable bonds is 2. The van der Waals surface area contributed by atoms with Crippen LogP contribution in [0.25, 0.3) is 0 Å². The summed E-state index contributed by atoms with van der Waals surface area (Å²) in [5, 5.41) is 3.63. The summed E-state index contributed by atoms with van der Waals surface area (Å²) in [7, 11) is -3.60. The van der Waals surface area contributed by atoms with Crippen LogP contribution < -0.4 is 5.32 Å². The molecule has 0 saturated carbocycles. The number of hydrogen-bond acceptors (Lipinski definition) is 3. The fraction of sp³-hybridized carbons (Fsp3) is 0.333. The quantitative estimate of drug-likeness (QED) is 0.823. The summed E-state index contributed by atoms with van der Waals surface area (Å²) in [4.78, 5) is 0.366. The number of aryl methyl sites for hydroxylation is 1. The van der Waals surface area contributed by atoms with Gasteiger partial charge in [0.2, 0.25) is 10.0 Å². The Morgan fingerprint density at radius 2 is 1.77 bits per heavy atom. The molecule has 134 valence electrons. The number of nitrogens with zero attached hydrogens (tertiary/aromatic N) is 1. The summed E-state index contributed by atoms with van der Waals surface area (Å²) in [5.74, 6) is 0. The molecule has 4 nitrogen and oxygen atoms in total. The molecule has 26 heavy (non-hydrogen) atoms. The van der Waals surface area contributed by atoms with E-state index in [1.807, 2.05) is 25.1 Å². The molecule has 1 N–H and O–H groups in total. The first-order valence-electron chi connectivity index (χ1n) is 9.06. The minimum Gasteiger partial charge on any atom is -0.362 e. The highest BCUT2D eigenvalue weighted by molar-refractivity contribution is 7.89. The number of sulfonamides is 1. The Morgan fingerprint density at radius 1 is 1.04 bits per heavy atom. The van der Waals surface area contributed by atoms with Gasteiger partial charge >= 0.3 is 0 Å². The molecule has 0 amide bonds. The standard InChI is InChI=1S/C21H22N2O2S/c1-15-7-9-17(10-8-15)26(24,25)23-14-13-20-12-11-16(2)21(20,23)22-19-6-4-3-5-18(19)20/h3-11,22H,12-14H2,1-2H3/t20-,21-/m1/s1. The molecule has 0 spiro atoms. The average Bonchev–Trinajstić information content (AvgIpc) is 3.19. The molecule has 1 aliphatic carbocycles. The smallest absolute Gasteiger partial charge is 0.245 e. The van der Waals surface area contributed by atoms with E-state index in [0.29, 0.717) is 11.4 Å². The number of fused-ring (bicyclic) bond motifs is 1. The highest BCUT2D eigenvalue weighted by Crippen LogP contribution is 2.63. The molecule has 1 fully saturated rings. The molecular formula is C21H22N2O2S. The molecule has 5 heteroatoms. The van der Waals surface area contributed by atoms with Crippen LogP contribution in [0.15, 0.2) is 65.1 Å². The Kier molecular flexibility index (Phi) is 3.09. The highest BCUT2D eigenvalue weighted by atomic mass is 32.2. The van der Waals surface area contributed by atoms with Crippen molar-refractivity contribution in [2.24, 2.45) is 0 Å². The maximum absolute atomic E-state index is 13.6. The predicted molar refractivity (Wildman–Crippen MR) is 103 cm³/mol. The van der Waals surface area contributed by atoms with E-state index in [1.165, 1.54) is 5.56 Å². The average molecular weight is 366 g/mol. The van der Waals surface area contributed by atoms with Crippen LogP contribution in [0.4, 0.5) is 5.69 Å². The minimum atomic E-state index is -3.60. The van der Waals surface area contributed by atoms with Crippen molar-refractivity contribution in [2.45, 2.75) is 42.7 Å². The van der Waals surface area contributed by atoms with Crippen molar-refractivity contribution in [1.29, 1.82) is 0 Å². The lowest BCUT2D eigenvalue weighted by molar-refractivity contribution is 0.260. The lowest BCUT2D eigenvalue weighted by Gasteiger charge is -2.41. The van der Waals surface area contributed by atoms with Crippen LogP contribution in [-0.2, 0) is 15.4 Å². The van der Waals surface area contributed by atoms with Gasteiger partial charge in [0.05, 0.1) is 4.90 Å². The predicted octanol–water partition coefficient (Wildman–Crippen LogP) is 3.80. The molecule has 2 aromatic carbocycles. The summed E-state index contributed by atoms with van der Waals surface area (Å²) in [6, 6.07) is 15.4. The molecule has 2 aliphatic heterocycles. The fourth-order valence-electron chi connectivity index (χ4n) is 5.24. The molecule has 0 radical (unpaired) electrons. The van der Waals surface area contributed by atoms with Gasteiger partial charge in [-0.15, -0.1) is 0 Å². The molecule has 0 unspecified atom stereocenters. The number of allylic oxidation sites excluding steroid dienone is 1. The second-order valence-electron chi connectivity index (χ2n) is 7.69. The third-order valence-corrected chi connectivity index (χ3v) is 8.41. The first-order chi connectivity index (χ1) is 12.4. The van der Waals surface area contributed by atoms with E-state index in [9.17, 15) is 8.42 Å². The number of hydrogen-bond donors (Lipinski definition) is 1. The van der Waals surface area contributed by atoms with E-state index in [2.05, 4.69) is 36.5 Å². The molecule has 2 aromatic rings. The van der Waals surface area contributed by atoms with Gasteiger partial charge in [-0.2, -0.15) is 4.31 Å². The zero-order chi connectivity index (χ0) is 18.2. The van der Waals surface area contributed by atoms with Crippen LogP contribution in [0.1, 0.15) is 30.9 Å². The maximum Gasteiger partial charge on any atom is 0.245 e. The Hall–Kier alpha value is -2.11. The Balaban J connectivity index is 1.70. The zero-order valence-electron chi connectivity index (χ0n) is 15.0. The number of benzene rings is 2. The number of anilines is 1. The van der Waals surface area contributed by atoms with Gasteiger partial charge in [0.1, 0.15) is 5.66 Å². The van der Waals surface area contributed by atoms with Crippen molar-refractivity contribution >= 4 is 15.7 Å². The van der Waals surface area contributed by atoms with Gasteiger partial charge in [-0.05, 0) is 56.0 Å². The van der Waals surface area contributed by atoms with Crippen molar-refractivity contribution in [3.8, 4) is 0 Å². The SMILES string of the molecule is CC1=CC[C@]23CCN(S(=O)(=O)c4ccc(C)cc4)[C@]12Nc1ccccc13. The van der Waals surface area contributed by atoms with Crippen LogP contribution in [0.2, 0.25) is 0 Å². The van der Waals surface area contributed by atoms with Gasteiger partial charge in [-0.3, -0.25) is 0 Å². The Morgan fingerprint density at radius 3 is 2.54 bits per heavy atom. The van der Waals surface area contributed by atoms with E-state index < -0.39 is 15.7 Å². The fourth-order valence-corrected chi connectivity index (χ4v) is 7.03. The van der Waals surface area contributed by atoms with Crippen molar-refractivity contribution in [3.63, 3.8) is 0 Å². The highest BCUT2D eigenvalue weighted by Gasteiger charge is 2.69. The van der Waals surface area contributed by atoms with Gasteiger partial charge in [0, 0.05) is 17.6 Å². The van der Waals surface area contributed by atoms with E-state index in [0.717, 1.165) is 29.7 Å². The van der Waals surface area contributed by atoms with Crippen LogP contribution in [0.5, 0.6) is 0 Å². The molecule has 0 bridgehead atoms. The lowest BCUT2D eigenvalue weighted by atomic mass is 9.73. The molecule has 3 aliphatic rings. The molecule has 0 aromatic heterocycles. The third kappa shape index (κ3) is 1.70. The van der Waals surface area contributed by atoms with Crippen LogP contribution >= 0.6 is 0 Å². The molecular weight excluding hydrogens is 344 g/mol. The minimum absolute atomic E-state index is 0.203. The van der Waals surface area contributed by atoms with Gasteiger partial charge in [-0.1, -0.05) is 42.0 Å². The van der Waals surface area contributed by atoms with Crippen molar-refractivity contribution in [2.75, 3.05) is 11.9 Å². The second-order valence-corrected chi connectivity index (χ2v) is 9.56. The van der Waals surface area contributed by atoms with E-state index in [-0.39, 0.29) is 5.41 Å². The van der Waals surface area contributed by atoms with Crippen LogP contribution in [0, 0.1) is 6.92 Å². The molecule has 5 rings (SSSR count). The number of nitrogens with one attached hydrogen (secondary N) is 1. The van der Waals surface area contributed by atoms with Crippen LogP contribution in [0.3, 0.4) is 0 Å².